The second-order valence-electron chi connectivity index (χ2n) is 5.04. The van der Waals surface area contributed by atoms with Crippen molar-refractivity contribution in [3.8, 4) is 23.0 Å². The van der Waals surface area contributed by atoms with E-state index in [0.717, 1.165) is 41.2 Å². The van der Waals surface area contributed by atoms with Crippen molar-refractivity contribution in [2.75, 3.05) is 21.0 Å². The molecule has 2 rings (SSSR count). The quantitative estimate of drug-likeness (QED) is 0.682. The van der Waals surface area contributed by atoms with Crippen molar-refractivity contribution in [2.24, 2.45) is 0 Å². The molecule has 0 aliphatic rings. The molecule has 4 nitrogen and oxygen atoms in total. The minimum absolute atomic E-state index is 0.124. The van der Waals surface area contributed by atoms with Gasteiger partial charge in [0.05, 0.1) is 14.2 Å². The van der Waals surface area contributed by atoms with Crippen molar-refractivity contribution in [1.82, 2.24) is 0 Å². The molecule has 0 aliphatic carbocycles. The van der Waals surface area contributed by atoms with Gasteiger partial charge in [-0.05, 0) is 48.2 Å². The molecule has 0 amide bonds. The van der Waals surface area contributed by atoms with Crippen molar-refractivity contribution in [2.45, 2.75) is 26.7 Å². The third-order valence-corrected chi connectivity index (χ3v) is 3.72. The summed E-state index contributed by atoms with van der Waals surface area (Å²) in [5.41, 5.74) is 2.22. The highest BCUT2D eigenvalue weighted by Crippen LogP contribution is 2.31. The SMILES string of the molecule is CCc1cc(OCOc2cccc(CC)c2OC)ccc1OC. The summed E-state index contributed by atoms with van der Waals surface area (Å²) in [7, 11) is 3.32. The molecule has 0 saturated carbocycles. The van der Waals surface area contributed by atoms with Crippen LogP contribution in [0.5, 0.6) is 23.0 Å². The highest BCUT2D eigenvalue weighted by atomic mass is 16.7. The molecule has 124 valence electrons. The van der Waals surface area contributed by atoms with E-state index in [-0.39, 0.29) is 6.79 Å². The monoisotopic (exact) mass is 316 g/mol. The molecule has 0 heterocycles. The molecule has 0 spiro atoms. The van der Waals surface area contributed by atoms with Gasteiger partial charge in [0, 0.05) is 0 Å². The summed E-state index contributed by atoms with van der Waals surface area (Å²) in [5, 5.41) is 0. The molecule has 0 aromatic heterocycles. The van der Waals surface area contributed by atoms with Crippen LogP contribution in [0.1, 0.15) is 25.0 Å². The maximum atomic E-state index is 5.73. The average molecular weight is 316 g/mol. The Labute approximate surface area is 137 Å². The first kappa shape index (κ1) is 17.0. The molecular weight excluding hydrogens is 292 g/mol. The average Bonchev–Trinajstić information content (AvgIpc) is 2.61. The van der Waals surface area contributed by atoms with Crippen molar-refractivity contribution < 1.29 is 18.9 Å². The summed E-state index contributed by atoms with van der Waals surface area (Å²) >= 11 is 0. The van der Waals surface area contributed by atoms with Gasteiger partial charge in [-0.1, -0.05) is 26.0 Å². The van der Waals surface area contributed by atoms with Gasteiger partial charge < -0.3 is 18.9 Å². The third kappa shape index (κ3) is 4.09. The van der Waals surface area contributed by atoms with Gasteiger partial charge in [0.1, 0.15) is 11.5 Å². The van der Waals surface area contributed by atoms with E-state index in [0.29, 0.717) is 5.75 Å². The van der Waals surface area contributed by atoms with Crippen LogP contribution < -0.4 is 18.9 Å². The standard InChI is InChI=1S/C19H24O4/c1-5-14-8-7-9-18(19(14)21-4)23-13-22-16-10-11-17(20-3)15(6-2)12-16/h7-12H,5-6,13H2,1-4H3. The predicted octanol–water partition coefficient (Wildman–Crippen LogP) is 4.24. The first-order valence-electron chi connectivity index (χ1n) is 7.81. The zero-order chi connectivity index (χ0) is 16.7. The summed E-state index contributed by atoms with van der Waals surface area (Å²) < 4.78 is 22.2. The molecule has 0 aliphatic heterocycles. The predicted molar refractivity (Wildman–Crippen MR) is 90.9 cm³/mol. The second kappa shape index (κ2) is 8.32. The summed E-state index contributed by atoms with van der Waals surface area (Å²) in [6.45, 7) is 4.29. The van der Waals surface area contributed by atoms with Crippen LogP contribution in [0.15, 0.2) is 36.4 Å². The number of rotatable bonds is 8. The first-order valence-corrected chi connectivity index (χ1v) is 7.81. The Morgan fingerprint density at radius 3 is 2.22 bits per heavy atom. The fourth-order valence-electron chi connectivity index (χ4n) is 2.47. The topological polar surface area (TPSA) is 36.9 Å². The molecule has 23 heavy (non-hydrogen) atoms. The van der Waals surface area contributed by atoms with Gasteiger partial charge in [-0.2, -0.15) is 0 Å². The van der Waals surface area contributed by atoms with Gasteiger partial charge in [-0.3, -0.25) is 0 Å². The Morgan fingerprint density at radius 2 is 1.57 bits per heavy atom. The number of methoxy groups -OCH3 is 2. The summed E-state index contributed by atoms with van der Waals surface area (Å²) in [5.74, 6) is 3.09. The minimum atomic E-state index is 0.124. The van der Waals surface area contributed by atoms with Crippen LogP contribution >= 0.6 is 0 Å². The van der Waals surface area contributed by atoms with Crippen molar-refractivity contribution in [1.29, 1.82) is 0 Å². The Kier molecular flexibility index (Phi) is 6.15. The highest BCUT2D eigenvalue weighted by molar-refractivity contribution is 5.46. The van der Waals surface area contributed by atoms with Crippen molar-refractivity contribution >= 4 is 0 Å². The van der Waals surface area contributed by atoms with Crippen LogP contribution in [0.25, 0.3) is 0 Å². The lowest BCUT2D eigenvalue weighted by Crippen LogP contribution is -2.07. The molecule has 2 aromatic rings. The Hall–Kier alpha value is -2.36. The molecule has 0 unspecified atom stereocenters. The summed E-state index contributed by atoms with van der Waals surface area (Å²) in [4.78, 5) is 0. The lowest BCUT2D eigenvalue weighted by molar-refractivity contribution is 0.116. The van der Waals surface area contributed by atoms with E-state index in [2.05, 4.69) is 13.8 Å². The van der Waals surface area contributed by atoms with E-state index < -0.39 is 0 Å². The van der Waals surface area contributed by atoms with Crippen molar-refractivity contribution in [3.63, 3.8) is 0 Å². The molecule has 0 fully saturated rings. The maximum absolute atomic E-state index is 5.73. The Morgan fingerprint density at radius 1 is 0.783 bits per heavy atom. The first-order chi connectivity index (χ1) is 11.2. The fraction of sp³-hybridized carbons (Fsp3) is 0.368. The van der Waals surface area contributed by atoms with Gasteiger partial charge in [-0.25, -0.2) is 0 Å². The zero-order valence-electron chi connectivity index (χ0n) is 14.2. The number of ether oxygens (including phenoxy) is 4. The van der Waals surface area contributed by atoms with Gasteiger partial charge >= 0.3 is 0 Å². The molecule has 0 N–H and O–H groups in total. The van der Waals surface area contributed by atoms with Crippen LogP contribution in [0.2, 0.25) is 0 Å². The number of hydrogen-bond acceptors (Lipinski definition) is 4. The van der Waals surface area contributed by atoms with E-state index in [1.165, 1.54) is 0 Å². The molecule has 0 saturated heterocycles. The number of hydrogen-bond donors (Lipinski definition) is 0. The van der Waals surface area contributed by atoms with Crippen LogP contribution in [-0.2, 0) is 12.8 Å². The van der Waals surface area contributed by atoms with E-state index in [1.54, 1.807) is 14.2 Å². The van der Waals surface area contributed by atoms with Crippen molar-refractivity contribution in [3.05, 3.63) is 47.5 Å². The third-order valence-electron chi connectivity index (χ3n) is 3.72. The van der Waals surface area contributed by atoms with E-state index in [4.69, 9.17) is 18.9 Å². The minimum Gasteiger partial charge on any atom is -0.496 e. The molecule has 0 bridgehead atoms. The summed E-state index contributed by atoms with van der Waals surface area (Å²) in [6, 6.07) is 11.6. The van der Waals surface area contributed by atoms with Gasteiger partial charge in [0.15, 0.2) is 11.5 Å². The van der Waals surface area contributed by atoms with Gasteiger partial charge in [0.25, 0.3) is 0 Å². The van der Waals surface area contributed by atoms with Crippen LogP contribution in [0.3, 0.4) is 0 Å². The Balaban J connectivity index is 2.03. The Bertz CT molecular complexity index is 637. The highest BCUT2D eigenvalue weighted by Gasteiger charge is 2.09. The normalized spacial score (nSPS) is 10.3. The van der Waals surface area contributed by atoms with E-state index >= 15 is 0 Å². The largest absolute Gasteiger partial charge is 0.496 e. The molecule has 4 heteroatoms. The number of aryl methyl sites for hydroxylation is 2. The fourth-order valence-corrected chi connectivity index (χ4v) is 2.47. The van der Waals surface area contributed by atoms with Crippen LogP contribution in [0.4, 0.5) is 0 Å². The summed E-state index contributed by atoms with van der Waals surface area (Å²) in [6.07, 6.45) is 1.77. The second-order valence-corrected chi connectivity index (χ2v) is 5.04. The molecule has 0 radical (unpaired) electrons. The van der Waals surface area contributed by atoms with E-state index in [1.807, 2.05) is 36.4 Å². The maximum Gasteiger partial charge on any atom is 0.231 e. The van der Waals surface area contributed by atoms with Crippen LogP contribution in [0, 0.1) is 0 Å². The zero-order valence-corrected chi connectivity index (χ0v) is 14.2. The lowest BCUT2D eigenvalue weighted by atomic mass is 10.1. The number of para-hydroxylation sites is 1. The lowest BCUT2D eigenvalue weighted by Gasteiger charge is -2.15. The number of benzene rings is 2. The van der Waals surface area contributed by atoms with Gasteiger partial charge in [-0.15, -0.1) is 0 Å². The van der Waals surface area contributed by atoms with E-state index in [9.17, 15) is 0 Å². The van der Waals surface area contributed by atoms with Gasteiger partial charge in [0.2, 0.25) is 6.79 Å². The smallest absolute Gasteiger partial charge is 0.231 e. The molecule has 0 atom stereocenters. The molecule has 2 aromatic carbocycles. The van der Waals surface area contributed by atoms with Crippen LogP contribution in [-0.4, -0.2) is 21.0 Å². The molecular formula is C19H24O4.